The van der Waals surface area contributed by atoms with Gasteiger partial charge >= 0.3 is 0 Å². The van der Waals surface area contributed by atoms with E-state index in [9.17, 15) is 0 Å². The van der Waals surface area contributed by atoms with Gasteiger partial charge in [-0.25, -0.2) is 0 Å². The molecule has 2 nitrogen and oxygen atoms in total. The first-order chi connectivity index (χ1) is 9.34. The normalized spacial score (nSPS) is 19.8. The van der Waals surface area contributed by atoms with Gasteiger partial charge in [-0.2, -0.15) is 0 Å². The second-order valence-electron chi connectivity index (χ2n) is 5.51. The third kappa shape index (κ3) is 3.53. The average Bonchev–Trinajstić information content (AvgIpc) is 2.66. The van der Waals surface area contributed by atoms with E-state index in [1.165, 1.54) is 48.0 Å². The molecule has 1 aromatic heterocycles. The number of thiophene rings is 1. The quantitative estimate of drug-likeness (QED) is 0.925. The summed E-state index contributed by atoms with van der Waals surface area (Å²) in [7, 11) is 2.28. The molecule has 4 heteroatoms. The standard InChI is InChI=1S/C16H22N2S.ClH/c1-18(14-5-4-9-17-10-8-14)11-13-12-19-16-7-3-2-6-15(13)16;/h2-3,6-7,12,14,17H,4-5,8-11H2,1H3;1H. The number of hydrogen-bond acceptors (Lipinski definition) is 3. The molecule has 0 bridgehead atoms. The molecule has 0 amide bonds. The molecule has 3 rings (SSSR count). The van der Waals surface area contributed by atoms with Gasteiger partial charge in [0.15, 0.2) is 0 Å². The van der Waals surface area contributed by atoms with Crippen molar-refractivity contribution in [2.45, 2.75) is 31.8 Å². The second kappa shape index (κ2) is 7.41. The van der Waals surface area contributed by atoms with Crippen LogP contribution in [0.5, 0.6) is 0 Å². The van der Waals surface area contributed by atoms with Gasteiger partial charge in [0, 0.05) is 17.3 Å². The highest BCUT2D eigenvalue weighted by molar-refractivity contribution is 7.17. The van der Waals surface area contributed by atoms with Gasteiger partial charge in [0.05, 0.1) is 0 Å². The van der Waals surface area contributed by atoms with E-state index in [4.69, 9.17) is 0 Å². The van der Waals surface area contributed by atoms with Gasteiger partial charge in [0.2, 0.25) is 0 Å². The van der Waals surface area contributed by atoms with Crippen molar-refractivity contribution in [3.8, 4) is 0 Å². The highest BCUT2D eigenvalue weighted by Crippen LogP contribution is 2.27. The largest absolute Gasteiger partial charge is 0.317 e. The van der Waals surface area contributed by atoms with Crippen LogP contribution < -0.4 is 5.32 Å². The lowest BCUT2D eigenvalue weighted by atomic mass is 10.1. The zero-order valence-electron chi connectivity index (χ0n) is 12.0. The fraction of sp³-hybridized carbons (Fsp3) is 0.500. The van der Waals surface area contributed by atoms with E-state index in [-0.39, 0.29) is 12.4 Å². The maximum Gasteiger partial charge on any atom is 0.0346 e. The van der Waals surface area contributed by atoms with E-state index in [1.807, 2.05) is 11.3 Å². The van der Waals surface area contributed by atoms with E-state index >= 15 is 0 Å². The summed E-state index contributed by atoms with van der Waals surface area (Å²) in [5.74, 6) is 0. The van der Waals surface area contributed by atoms with Crippen molar-refractivity contribution in [1.29, 1.82) is 0 Å². The third-order valence-electron chi connectivity index (χ3n) is 4.15. The van der Waals surface area contributed by atoms with Crippen molar-refractivity contribution in [2.24, 2.45) is 0 Å². The van der Waals surface area contributed by atoms with Gasteiger partial charge in [-0.15, -0.1) is 23.7 Å². The van der Waals surface area contributed by atoms with Crippen LogP contribution in [-0.4, -0.2) is 31.1 Å². The summed E-state index contributed by atoms with van der Waals surface area (Å²) in [6.07, 6.45) is 3.91. The molecule has 1 saturated heterocycles. The number of benzene rings is 1. The lowest BCUT2D eigenvalue weighted by Crippen LogP contribution is -2.31. The Morgan fingerprint density at radius 3 is 3.00 bits per heavy atom. The van der Waals surface area contributed by atoms with Crippen LogP contribution >= 0.6 is 23.7 Å². The summed E-state index contributed by atoms with van der Waals surface area (Å²) in [6, 6.07) is 9.48. The summed E-state index contributed by atoms with van der Waals surface area (Å²) >= 11 is 1.87. The first-order valence-corrected chi connectivity index (χ1v) is 8.08. The monoisotopic (exact) mass is 310 g/mol. The summed E-state index contributed by atoms with van der Waals surface area (Å²) < 4.78 is 1.41. The first-order valence-electron chi connectivity index (χ1n) is 7.20. The highest BCUT2D eigenvalue weighted by Gasteiger charge is 2.17. The van der Waals surface area contributed by atoms with E-state index in [0.717, 1.165) is 12.6 Å². The van der Waals surface area contributed by atoms with Crippen LogP contribution in [0.15, 0.2) is 29.6 Å². The SMILES string of the molecule is CN(Cc1csc2ccccc12)C1CCCNCC1.Cl. The highest BCUT2D eigenvalue weighted by atomic mass is 35.5. The van der Waals surface area contributed by atoms with Gasteiger partial charge in [0.25, 0.3) is 0 Å². The Bertz CT molecular complexity index is 532. The molecule has 2 heterocycles. The maximum atomic E-state index is 3.50. The number of hydrogen-bond donors (Lipinski definition) is 1. The zero-order chi connectivity index (χ0) is 13.1. The summed E-state index contributed by atoms with van der Waals surface area (Å²) in [5, 5.41) is 7.26. The molecular formula is C16H23ClN2S. The van der Waals surface area contributed by atoms with Crippen molar-refractivity contribution in [3.05, 3.63) is 35.2 Å². The Morgan fingerprint density at radius 1 is 1.25 bits per heavy atom. The van der Waals surface area contributed by atoms with E-state index in [2.05, 4.69) is 46.9 Å². The van der Waals surface area contributed by atoms with Gasteiger partial charge in [-0.3, -0.25) is 4.90 Å². The molecule has 0 aliphatic carbocycles. The molecule has 2 aromatic rings. The lowest BCUT2D eigenvalue weighted by Gasteiger charge is -2.26. The predicted octanol–water partition coefficient (Wildman–Crippen LogP) is 3.90. The van der Waals surface area contributed by atoms with Crippen molar-refractivity contribution in [3.63, 3.8) is 0 Å². The topological polar surface area (TPSA) is 15.3 Å². The minimum absolute atomic E-state index is 0. The van der Waals surface area contributed by atoms with Gasteiger partial charge in [0.1, 0.15) is 0 Å². The minimum atomic E-state index is 0. The Hall–Kier alpha value is -0.610. The Labute approximate surface area is 131 Å². The van der Waals surface area contributed by atoms with Crippen molar-refractivity contribution >= 4 is 33.8 Å². The molecule has 1 fully saturated rings. The second-order valence-corrected chi connectivity index (χ2v) is 6.42. The Kier molecular flexibility index (Phi) is 5.85. The maximum absolute atomic E-state index is 3.50. The van der Waals surface area contributed by atoms with Gasteiger partial charge in [-0.1, -0.05) is 18.2 Å². The average molecular weight is 311 g/mol. The van der Waals surface area contributed by atoms with Crippen LogP contribution in [0.3, 0.4) is 0 Å². The molecule has 1 aromatic carbocycles. The fourth-order valence-electron chi connectivity index (χ4n) is 2.99. The van der Waals surface area contributed by atoms with E-state index < -0.39 is 0 Å². The minimum Gasteiger partial charge on any atom is -0.317 e. The van der Waals surface area contributed by atoms with E-state index in [0.29, 0.717) is 0 Å². The molecule has 110 valence electrons. The molecule has 1 atom stereocenters. The van der Waals surface area contributed by atoms with Crippen LogP contribution in [0.4, 0.5) is 0 Å². The number of rotatable bonds is 3. The molecule has 20 heavy (non-hydrogen) atoms. The van der Waals surface area contributed by atoms with Crippen LogP contribution in [0.1, 0.15) is 24.8 Å². The molecule has 0 spiro atoms. The van der Waals surface area contributed by atoms with Crippen LogP contribution in [-0.2, 0) is 6.54 Å². The molecule has 0 saturated carbocycles. The number of halogens is 1. The molecule has 1 unspecified atom stereocenters. The van der Waals surface area contributed by atoms with Crippen LogP contribution in [0.25, 0.3) is 10.1 Å². The summed E-state index contributed by atoms with van der Waals surface area (Å²) in [5.41, 5.74) is 1.49. The first kappa shape index (κ1) is 15.8. The molecular weight excluding hydrogens is 288 g/mol. The predicted molar refractivity (Wildman–Crippen MR) is 91.0 cm³/mol. The van der Waals surface area contributed by atoms with Crippen LogP contribution in [0, 0.1) is 0 Å². The van der Waals surface area contributed by atoms with Gasteiger partial charge in [-0.05, 0) is 61.8 Å². The number of fused-ring (bicyclic) bond motifs is 1. The lowest BCUT2D eigenvalue weighted by molar-refractivity contribution is 0.217. The molecule has 0 radical (unpaired) electrons. The number of nitrogens with one attached hydrogen (secondary N) is 1. The number of nitrogens with zero attached hydrogens (tertiary/aromatic N) is 1. The third-order valence-corrected chi connectivity index (χ3v) is 5.16. The Morgan fingerprint density at radius 2 is 2.10 bits per heavy atom. The van der Waals surface area contributed by atoms with E-state index in [1.54, 1.807) is 0 Å². The summed E-state index contributed by atoms with van der Waals surface area (Å²) in [4.78, 5) is 2.54. The Balaban J connectivity index is 0.00000147. The smallest absolute Gasteiger partial charge is 0.0346 e. The zero-order valence-corrected chi connectivity index (χ0v) is 13.6. The van der Waals surface area contributed by atoms with Crippen LogP contribution in [0.2, 0.25) is 0 Å². The fourth-order valence-corrected chi connectivity index (χ4v) is 3.95. The van der Waals surface area contributed by atoms with Gasteiger partial charge < -0.3 is 5.32 Å². The van der Waals surface area contributed by atoms with Crippen molar-refractivity contribution in [1.82, 2.24) is 10.2 Å². The molecule has 1 aliphatic rings. The summed E-state index contributed by atoms with van der Waals surface area (Å²) in [6.45, 7) is 3.43. The molecule has 1 N–H and O–H groups in total. The van der Waals surface area contributed by atoms with Crippen molar-refractivity contribution in [2.75, 3.05) is 20.1 Å². The molecule has 1 aliphatic heterocycles. The van der Waals surface area contributed by atoms with Crippen molar-refractivity contribution < 1.29 is 0 Å².